The van der Waals surface area contributed by atoms with Gasteiger partial charge < -0.3 is 25.5 Å². The first kappa shape index (κ1) is 28.5. The van der Waals surface area contributed by atoms with Gasteiger partial charge in [-0.2, -0.15) is 0 Å². The normalized spacial score (nSPS) is 11.9. The summed E-state index contributed by atoms with van der Waals surface area (Å²) in [7, 11) is 0. The van der Waals surface area contributed by atoms with Gasteiger partial charge in [-0.05, 0) is 6.42 Å². The molecule has 0 aromatic heterocycles. The van der Waals surface area contributed by atoms with E-state index in [2.05, 4.69) is 6.92 Å². The molecule has 0 saturated carbocycles. The first-order valence-corrected chi connectivity index (χ1v) is 10.8. The molecule has 0 aliphatic heterocycles. The first-order chi connectivity index (χ1) is 13.0. The lowest BCUT2D eigenvalue weighted by Gasteiger charge is -2.05. The Morgan fingerprint density at radius 2 is 1.00 bits per heavy atom. The quantitative estimate of drug-likeness (QED) is 0.227. The van der Waals surface area contributed by atoms with Crippen LogP contribution in [0.1, 0.15) is 103 Å². The predicted octanol–water partition coefficient (Wildman–Crippen LogP) is 3.64. The Balaban J connectivity index is 0. The molecule has 0 amide bonds. The minimum atomic E-state index is -1.16. The van der Waals surface area contributed by atoms with Gasteiger partial charge in [0, 0.05) is 0 Å². The second-order valence-corrected chi connectivity index (χ2v) is 7.26. The molecule has 0 aromatic carbocycles. The standard InChI is InChI=1S/C18H36O3.C3H8O3/c1-2-3-4-5-6-7-8-9-10-11-12-13-14-15-16-17(19)18(20)21;4-1-3(6)2-5/h17,19H,2-16H2,1H3,(H,20,21);3-6H,1-2H2. The Morgan fingerprint density at radius 3 is 1.26 bits per heavy atom. The summed E-state index contributed by atoms with van der Waals surface area (Å²) in [6.07, 6.45) is 16.3. The second-order valence-electron chi connectivity index (χ2n) is 7.26. The second kappa shape index (κ2) is 23.3. The number of aliphatic hydroxyl groups excluding tert-OH is 4. The molecule has 164 valence electrons. The van der Waals surface area contributed by atoms with E-state index in [4.69, 9.17) is 25.5 Å². The third kappa shape index (κ3) is 25.3. The number of carboxylic acid groups (broad SMARTS) is 1. The molecule has 1 atom stereocenters. The fourth-order valence-corrected chi connectivity index (χ4v) is 2.71. The van der Waals surface area contributed by atoms with E-state index >= 15 is 0 Å². The molecule has 27 heavy (non-hydrogen) atoms. The van der Waals surface area contributed by atoms with Crippen LogP contribution in [0.5, 0.6) is 0 Å². The fraction of sp³-hybridized carbons (Fsp3) is 0.952. The van der Waals surface area contributed by atoms with Crippen molar-refractivity contribution in [3.05, 3.63) is 0 Å². The molecule has 0 heterocycles. The van der Waals surface area contributed by atoms with Crippen molar-refractivity contribution in [1.82, 2.24) is 0 Å². The molecule has 0 radical (unpaired) electrons. The van der Waals surface area contributed by atoms with Crippen molar-refractivity contribution in [2.45, 2.75) is 115 Å². The Bertz CT molecular complexity index is 294. The lowest BCUT2D eigenvalue weighted by atomic mass is 10.0. The van der Waals surface area contributed by atoms with E-state index in [-0.39, 0.29) is 13.2 Å². The summed E-state index contributed by atoms with van der Waals surface area (Å²) < 4.78 is 0. The molecule has 1 unspecified atom stereocenters. The van der Waals surface area contributed by atoms with Crippen LogP contribution < -0.4 is 0 Å². The van der Waals surface area contributed by atoms with E-state index in [1.807, 2.05) is 0 Å². The van der Waals surface area contributed by atoms with E-state index in [1.165, 1.54) is 77.0 Å². The smallest absolute Gasteiger partial charge is 0.332 e. The van der Waals surface area contributed by atoms with Crippen LogP contribution in [0.3, 0.4) is 0 Å². The molecule has 6 nitrogen and oxygen atoms in total. The molecular weight excluding hydrogens is 348 g/mol. The zero-order valence-corrected chi connectivity index (χ0v) is 17.3. The molecule has 0 aliphatic rings. The van der Waals surface area contributed by atoms with Crippen LogP contribution in [-0.4, -0.2) is 56.9 Å². The number of aliphatic carboxylic acids is 1. The maximum Gasteiger partial charge on any atom is 0.332 e. The van der Waals surface area contributed by atoms with Crippen molar-refractivity contribution in [2.75, 3.05) is 13.2 Å². The van der Waals surface area contributed by atoms with Crippen LogP contribution in [0.4, 0.5) is 0 Å². The van der Waals surface area contributed by atoms with Gasteiger partial charge in [0.05, 0.1) is 13.2 Å². The number of aliphatic hydroxyl groups is 4. The highest BCUT2D eigenvalue weighted by Gasteiger charge is 2.11. The predicted molar refractivity (Wildman–Crippen MR) is 109 cm³/mol. The van der Waals surface area contributed by atoms with Gasteiger partial charge in [0.1, 0.15) is 6.10 Å². The largest absolute Gasteiger partial charge is 0.479 e. The number of hydrogen-bond donors (Lipinski definition) is 5. The number of carboxylic acids is 1. The van der Waals surface area contributed by atoms with Crippen molar-refractivity contribution in [2.24, 2.45) is 0 Å². The molecule has 0 spiro atoms. The molecular formula is C21H44O6. The molecule has 0 saturated heterocycles. The van der Waals surface area contributed by atoms with Gasteiger partial charge in [-0.15, -0.1) is 0 Å². The van der Waals surface area contributed by atoms with Crippen molar-refractivity contribution < 1.29 is 30.3 Å². The van der Waals surface area contributed by atoms with Gasteiger partial charge in [0.25, 0.3) is 0 Å². The Kier molecular flexibility index (Phi) is 24.7. The van der Waals surface area contributed by atoms with Crippen LogP contribution in [0.2, 0.25) is 0 Å². The summed E-state index contributed by atoms with van der Waals surface area (Å²) in [5, 5.41) is 41.7. The van der Waals surface area contributed by atoms with Crippen LogP contribution >= 0.6 is 0 Å². The Labute approximate surface area is 165 Å². The van der Waals surface area contributed by atoms with Gasteiger partial charge >= 0.3 is 5.97 Å². The van der Waals surface area contributed by atoms with Crippen LogP contribution in [0.15, 0.2) is 0 Å². The van der Waals surface area contributed by atoms with Crippen LogP contribution in [0, 0.1) is 0 Å². The summed E-state index contributed by atoms with van der Waals surface area (Å²) in [6, 6.07) is 0. The average molecular weight is 393 g/mol. The highest BCUT2D eigenvalue weighted by atomic mass is 16.4. The maximum atomic E-state index is 10.4. The van der Waals surface area contributed by atoms with E-state index in [0.717, 1.165) is 12.8 Å². The van der Waals surface area contributed by atoms with E-state index < -0.39 is 18.2 Å². The molecule has 5 N–H and O–H groups in total. The summed E-state index contributed by atoms with van der Waals surface area (Å²) in [4.78, 5) is 10.4. The van der Waals surface area contributed by atoms with Gasteiger partial charge in [-0.1, -0.05) is 96.8 Å². The lowest BCUT2D eigenvalue weighted by molar-refractivity contribution is -0.146. The highest BCUT2D eigenvalue weighted by molar-refractivity contribution is 5.71. The minimum absolute atomic E-state index is 0.365. The lowest BCUT2D eigenvalue weighted by Crippen LogP contribution is -2.18. The van der Waals surface area contributed by atoms with Crippen LogP contribution in [0.25, 0.3) is 0 Å². The van der Waals surface area contributed by atoms with E-state index in [1.54, 1.807) is 0 Å². The third-order valence-electron chi connectivity index (χ3n) is 4.54. The monoisotopic (exact) mass is 392 g/mol. The van der Waals surface area contributed by atoms with Crippen molar-refractivity contribution in [3.8, 4) is 0 Å². The van der Waals surface area contributed by atoms with Crippen molar-refractivity contribution in [3.63, 3.8) is 0 Å². The molecule has 6 heteroatoms. The van der Waals surface area contributed by atoms with Gasteiger partial charge in [-0.25, -0.2) is 4.79 Å². The zero-order chi connectivity index (χ0) is 20.8. The number of rotatable bonds is 18. The van der Waals surface area contributed by atoms with Gasteiger partial charge in [0.15, 0.2) is 6.10 Å². The summed E-state index contributed by atoms with van der Waals surface area (Å²) in [5.41, 5.74) is 0. The first-order valence-electron chi connectivity index (χ1n) is 10.8. The van der Waals surface area contributed by atoms with Gasteiger partial charge in [0.2, 0.25) is 0 Å². The number of carbonyl (C=O) groups is 1. The Hall–Kier alpha value is -0.690. The van der Waals surface area contributed by atoms with Crippen molar-refractivity contribution in [1.29, 1.82) is 0 Å². The van der Waals surface area contributed by atoms with E-state index in [9.17, 15) is 4.79 Å². The van der Waals surface area contributed by atoms with Crippen molar-refractivity contribution >= 4 is 5.97 Å². The molecule has 0 fully saturated rings. The topological polar surface area (TPSA) is 118 Å². The SMILES string of the molecule is CCCCCCCCCCCCCCCCC(O)C(=O)O.OCC(O)CO. The average Bonchev–Trinajstić information content (AvgIpc) is 2.67. The molecule has 0 aromatic rings. The Morgan fingerprint density at radius 1 is 0.667 bits per heavy atom. The summed E-state index contributed by atoms with van der Waals surface area (Å²) in [6.45, 7) is 1.53. The summed E-state index contributed by atoms with van der Waals surface area (Å²) in [5.74, 6) is -1.09. The number of unbranched alkanes of at least 4 members (excludes halogenated alkanes) is 13. The highest BCUT2D eigenvalue weighted by Crippen LogP contribution is 2.13. The van der Waals surface area contributed by atoms with Gasteiger partial charge in [-0.3, -0.25) is 0 Å². The van der Waals surface area contributed by atoms with E-state index in [0.29, 0.717) is 6.42 Å². The minimum Gasteiger partial charge on any atom is -0.479 e. The zero-order valence-electron chi connectivity index (χ0n) is 17.3. The molecule has 0 bridgehead atoms. The summed E-state index contributed by atoms with van der Waals surface area (Å²) >= 11 is 0. The fourth-order valence-electron chi connectivity index (χ4n) is 2.71. The number of hydrogen-bond acceptors (Lipinski definition) is 5. The third-order valence-corrected chi connectivity index (χ3v) is 4.54. The van der Waals surface area contributed by atoms with Crippen LogP contribution in [-0.2, 0) is 4.79 Å². The molecule has 0 aliphatic carbocycles. The molecule has 0 rings (SSSR count). The maximum absolute atomic E-state index is 10.4.